The molecule has 26 heavy (non-hydrogen) atoms. The summed E-state index contributed by atoms with van der Waals surface area (Å²) in [5.41, 5.74) is -0.289. The zero-order valence-corrected chi connectivity index (χ0v) is 14.3. The lowest BCUT2D eigenvalue weighted by Crippen LogP contribution is -2.50. The SMILES string of the molecule is O=C(OCc1ccccc1)C1CNCC1(O)C(=O)OCc1ccccc1. The van der Waals surface area contributed by atoms with Crippen molar-refractivity contribution in [2.45, 2.75) is 18.8 Å². The Morgan fingerprint density at radius 3 is 2.08 bits per heavy atom. The number of hydrogen-bond donors (Lipinski definition) is 2. The lowest BCUT2D eigenvalue weighted by molar-refractivity contribution is -0.177. The minimum atomic E-state index is -1.93. The zero-order valence-electron chi connectivity index (χ0n) is 14.3. The van der Waals surface area contributed by atoms with Crippen LogP contribution in [0.25, 0.3) is 0 Å². The van der Waals surface area contributed by atoms with E-state index < -0.39 is 23.5 Å². The molecule has 0 aromatic heterocycles. The van der Waals surface area contributed by atoms with Crippen molar-refractivity contribution in [3.63, 3.8) is 0 Å². The summed E-state index contributed by atoms with van der Waals surface area (Å²) in [7, 11) is 0. The highest BCUT2D eigenvalue weighted by molar-refractivity contribution is 5.88. The summed E-state index contributed by atoms with van der Waals surface area (Å²) in [4.78, 5) is 24.8. The molecule has 6 heteroatoms. The van der Waals surface area contributed by atoms with Crippen molar-refractivity contribution in [1.82, 2.24) is 5.32 Å². The van der Waals surface area contributed by atoms with Crippen LogP contribution in [0.3, 0.4) is 0 Å². The Hall–Kier alpha value is -2.70. The van der Waals surface area contributed by atoms with Gasteiger partial charge in [-0.25, -0.2) is 4.79 Å². The molecule has 0 spiro atoms. The molecule has 1 saturated heterocycles. The van der Waals surface area contributed by atoms with Crippen molar-refractivity contribution in [2.75, 3.05) is 13.1 Å². The molecule has 2 atom stereocenters. The van der Waals surface area contributed by atoms with Crippen LogP contribution in [0.15, 0.2) is 60.7 Å². The van der Waals surface area contributed by atoms with E-state index >= 15 is 0 Å². The Bertz CT molecular complexity index is 749. The largest absolute Gasteiger partial charge is 0.460 e. The Morgan fingerprint density at radius 1 is 0.962 bits per heavy atom. The number of aliphatic hydroxyl groups is 1. The summed E-state index contributed by atoms with van der Waals surface area (Å²) in [5.74, 6) is -2.46. The fourth-order valence-electron chi connectivity index (χ4n) is 2.87. The summed E-state index contributed by atoms with van der Waals surface area (Å²) in [6.07, 6.45) is 0. The first-order chi connectivity index (χ1) is 12.6. The fourth-order valence-corrected chi connectivity index (χ4v) is 2.87. The van der Waals surface area contributed by atoms with Gasteiger partial charge in [-0.1, -0.05) is 60.7 Å². The molecule has 0 amide bonds. The van der Waals surface area contributed by atoms with Gasteiger partial charge in [-0.05, 0) is 11.1 Å². The van der Waals surface area contributed by atoms with Crippen molar-refractivity contribution in [3.05, 3.63) is 71.8 Å². The summed E-state index contributed by atoms with van der Waals surface area (Å²) in [5, 5.41) is 13.6. The monoisotopic (exact) mass is 355 g/mol. The van der Waals surface area contributed by atoms with Crippen LogP contribution in [0.2, 0.25) is 0 Å². The Labute approximate surface area is 151 Å². The molecule has 1 aliphatic rings. The molecule has 2 N–H and O–H groups in total. The van der Waals surface area contributed by atoms with Crippen molar-refractivity contribution >= 4 is 11.9 Å². The first kappa shape index (κ1) is 18.1. The Balaban J connectivity index is 1.59. The van der Waals surface area contributed by atoms with Crippen LogP contribution in [0.4, 0.5) is 0 Å². The van der Waals surface area contributed by atoms with E-state index in [1.807, 2.05) is 60.7 Å². The molecule has 0 radical (unpaired) electrons. The van der Waals surface area contributed by atoms with Crippen LogP contribution in [-0.2, 0) is 32.3 Å². The molecule has 1 heterocycles. The van der Waals surface area contributed by atoms with Gasteiger partial charge in [0.15, 0.2) is 5.60 Å². The Kier molecular flexibility index (Phi) is 5.65. The first-order valence-electron chi connectivity index (χ1n) is 8.44. The first-order valence-corrected chi connectivity index (χ1v) is 8.44. The summed E-state index contributed by atoms with van der Waals surface area (Å²) in [6.45, 7) is 0.232. The molecular weight excluding hydrogens is 334 g/mol. The molecular formula is C20H21NO5. The molecule has 2 unspecified atom stereocenters. The second kappa shape index (κ2) is 8.12. The van der Waals surface area contributed by atoms with Gasteiger partial charge in [0.2, 0.25) is 0 Å². The van der Waals surface area contributed by atoms with E-state index in [0.29, 0.717) is 0 Å². The summed E-state index contributed by atoms with van der Waals surface area (Å²) >= 11 is 0. The second-order valence-corrected chi connectivity index (χ2v) is 6.26. The standard InChI is InChI=1S/C20H21NO5/c22-18(25-12-15-7-3-1-4-8-15)17-11-21-14-20(17,24)19(23)26-13-16-9-5-2-6-10-16/h1-10,17,21,24H,11-14H2. The second-order valence-electron chi connectivity index (χ2n) is 6.26. The molecule has 2 aromatic rings. The number of hydrogen-bond acceptors (Lipinski definition) is 6. The van der Waals surface area contributed by atoms with Crippen molar-refractivity contribution in [3.8, 4) is 0 Å². The lowest BCUT2D eigenvalue weighted by atomic mass is 9.91. The van der Waals surface area contributed by atoms with Crippen molar-refractivity contribution in [1.29, 1.82) is 0 Å². The van der Waals surface area contributed by atoms with E-state index in [4.69, 9.17) is 9.47 Å². The van der Waals surface area contributed by atoms with Gasteiger partial charge in [-0.3, -0.25) is 4.79 Å². The molecule has 0 bridgehead atoms. The third-order valence-corrected chi connectivity index (χ3v) is 4.39. The summed E-state index contributed by atoms with van der Waals surface area (Å²) < 4.78 is 10.5. The van der Waals surface area contributed by atoms with E-state index in [0.717, 1.165) is 11.1 Å². The molecule has 136 valence electrons. The van der Waals surface area contributed by atoms with Gasteiger partial charge < -0.3 is 19.9 Å². The van der Waals surface area contributed by atoms with Gasteiger partial charge in [0, 0.05) is 13.1 Å². The number of benzene rings is 2. The zero-order chi connectivity index (χ0) is 18.4. The van der Waals surface area contributed by atoms with Crippen LogP contribution in [0, 0.1) is 5.92 Å². The van der Waals surface area contributed by atoms with Gasteiger partial charge in [-0.2, -0.15) is 0 Å². The number of carbonyl (C=O) groups is 2. The minimum Gasteiger partial charge on any atom is -0.460 e. The number of rotatable bonds is 6. The number of ether oxygens (including phenoxy) is 2. The highest BCUT2D eigenvalue weighted by atomic mass is 16.6. The van der Waals surface area contributed by atoms with Crippen LogP contribution >= 0.6 is 0 Å². The topological polar surface area (TPSA) is 84.9 Å². The van der Waals surface area contributed by atoms with Crippen LogP contribution < -0.4 is 5.32 Å². The molecule has 0 aliphatic carbocycles. The van der Waals surface area contributed by atoms with Gasteiger partial charge >= 0.3 is 11.9 Å². The average Bonchev–Trinajstić information content (AvgIpc) is 3.09. The molecule has 3 rings (SSSR count). The van der Waals surface area contributed by atoms with Crippen molar-refractivity contribution in [2.24, 2.45) is 5.92 Å². The van der Waals surface area contributed by atoms with Gasteiger partial charge in [-0.15, -0.1) is 0 Å². The molecule has 0 saturated carbocycles. The normalized spacial score (nSPS) is 22.0. The quantitative estimate of drug-likeness (QED) is 0.763. The van der Waals surface area contributed by atoms with Gasteiger partial charge in [0.05, 0.1) is 0 Å². The van der Waals surface area contributed by atoms with E-state index in [1.54, 1.807) is 0 Å². The maximum absolute atomic E-state index is 12.4. The molecule has 2 aromatic carbocycles. The number of β-amino-alcohol motifs (C(OH)–C–C–N with tert-alkyl or cyclic N) is 1. The fraction of sp³-hybridized carbons (Fsp3) is 0.300. The van der Waals surface area contributed by atoms with Crippen LogP contribution in [-0.4, -0.2) is 35.7 Å². The molecule has 1 aliphatic heterocycles. The summed E-state index contributed by atoms with van der Waals surface area (Å²) in [6, 6.07) is 18.4. The smallest absolute Gasteiger partial charge is 0.340 e. The van der Waals surface area contributed by atoms with E-state index in [1.165, 1.54) is 0 Å². The van der Waals surface area contributed by atoms with E-state index in [2.05, 4.69) is 5.32 Å². The third kappa shape index (κ3) is 4.09. The van der Waals surface area contributed by atoms with Gasteiger partial charge in [0.25, 0.3) is 0 Å². The number of esters is 2. The molecule has 1 fully saturated rings. The average molecular weight is 355 g/mol. The van der Waals surface area contributed by atoms with Gasteiger partial charge in [0.1, 0.15) is 19.1 Å². The molecule has 6 nitrogen and oxygen atoms in total. The Morgan fingerprint density at radius 2 is 1.50 bits per heavy atom. The predicted octanol–water partition coefficient (Wildman–Crippen LogP) is 1.42. The lowest BCUT2D eigenvalue weighted by Gasteiger charge is -2.25. The third-order valence-electron chi connectivity index (χ3n) is 4.39. The minimum absolute atomic E-state index is 0.0355. The van der Waals surface area contributed by atoms with Crippen LogP contribution in [0.1, 0.15) is 11.1 Å². The number of carbonyl (C=O) groups excluding carboxylic acids is 2. The number of nitrogens with one attached hydrogen (secondary N) is 1. The highest BCUT2D eigenvalue weighted by Crippen LogP contribution is 2.26. The van der Waals surface area contributed by atoms with Crippen LogP contribution in [0.5, 0.6) is 0 Å². The van der Waals surface area contributed by atoms with Crippen molar-refractivity contribution < 1.29 is 24.2 Å². The highest BCUT2D eigenvalue weighted by Gasteiger charge is 2.53. The predicted molar refractivity (Wildman–Crippen MR) is 93.8 cm³/mol. The van der Waals surface area contributed by atoms with E-state index in [9.17, 15) is 14.7 Å². The maximum Gasteiger partial charge on any atom is 0.340 e. The maximum atomic E-state index is 12.4. The van der Waals surface area contributed by atoms with E-state index in [-0.39, 0.29) is 26.3 Å².